The minimum atomic E-state index is 0. The van der Waals surface area contributed by atoms with Crippen molar-refractivity contribution in [1.29, 1.82) is 0 Å². The molecular weight excluding hydrogens is 141 g/mol. The van der Waals surface area contributed by atoms with Gasteiger partial charge in [-0.2, -0.15) is 0 Å². The van der Waals surface area contributed by atoms with Crippen LogP contribution in [0.1, 0.15) is 11.7 Å². The summed E-state index contributed by atoms with van der Waals surface area (Å²) in [6.07, 6.45) is 2.65. The zero-order valence-electron chi connectivity index (χ0n) is 4.80. The Morgan fingerprint density at radius 1 is 1.50 bits per heavy atom. The summed E-state index contributed by atoms with van der Waals surface area (Å²) >= 11 is 0. The molecule has 2 nitrogen and oxygen atoms in total. The summed E-state index contributed by atoms with van der Waals surface area (Å²) in [5, 5.41) is 0. The largest absolute Gasteiger partial charge is 0.551 e. The monoisotopic (exact) mass is 147 g/mol. The van der Waals surface area contributed by atoms with Crippen LogP contribution in [0, 0.1) is 20.0 Å². The number of aromatic nitrogens is 1. The van der Waals surface area contributed by atoms with Crippen LogP contribution in [0.4, 0.5) is 0 Å². The van der Waals surface area contributed by atoms with Crippen molar-refractivity contribution in [3.05, 3.63) is 17.8 Å². The van der Waals surface area contributed by atoms with E-state index in [0.717, 1.165) is 5.76 Å². The first-order valence-corrected chi connectivity index (χ1v) is 2.11. The van der Waals surface area contributed by atoms with Gasteiger partial charge in [-0.15, -0.1) is 6.20 Å². The van der Waals surface area contributed by atoms with Gasteiger partial charge in [0, 0.05) is 30.2 Å². The van der Waals surface area contributed by atoms with Crippen molar-refractivity contribution in [2.75, 3.05) is 0 Å². The first kappa shape index (κ1) is 7.79. The number of hydrogen-bond donors (Lipinski definition) is 0. The van der Waals surface area contributed by atoms with Gasteiger partial charge in [0.2, 0.25) is 0 Å². The van der Waals surface area contributed by atoms with Gasteiger partial charge in [-0.25, -0.2) is 0 Å². The van der Waals surface area contributed by atoms with E-state index in [0.29, 0.717) is 5.89 Å². The van der Waals surface area contributed by atoms with E-state index in [1.165, 1.54) is 0 Å². The average Bonchev–Trinajstić information content (AvgIpc) is 1.87. The van der Waals surface area contributed by atoms with Gasteiger partial charge in [0.1, 0.15) is 0 Å². The normalized spacial score (nSPS) is 8.25. The van der Waals surface area contributed by atoms with Crippen molar-refractivity contribution in [3.63, 3.8) is 0 Å². The number of aryl methyl sites for hydroxylation is 2. The van der Waals surface area contributed by atoms with Crippen molar-refractivity contribution in [2.45, 2.75) is 13.8 Å². The summed E-state index contributed by atoms with van der Waals surface area (Å²) in [4.78, 5) is 3.72. The Labute approximate surface area is 60.2 Å². The molecule has 0 aromatic carbocycles. The van der Waals surface area contributed by atoms with Gasteiger partial charge in [-0.1, -0.05) is 6.92 Å². The van der Waals surface area contributed by atoms with Crippen molar-refractivity contribution in [2.24, 2.45) is 0 Å². The molecule has 1 aromatic heterocycles. The van der Waals surface area contributed by atoms with Crippen LogP contribution in [-0.4, -0.2) is 4.98 Å². The Morgan fingerprint density at radius 2 is 2.12 bits per heavy atom. The van der Waals surface area contributed by atoms with Crippen molar-refractivity contribution in [3.8, 4) is 0 Å². The number of rotatable bonds is 0. The van der Waals surface area contributed by atoms with Crippen LogP contribution in [0.25, 0.3) is 0 Å². The van der Waals surface area contributed by atoms with Crippen LogP contribution in [-0.2, 0) is 18.6 Å². The molecule has 3 heteroatoms. The first-order valence-electron chi connectivity index (χ1n) is 2.11. The molecule has 0 aliphatic heterocycles. The fourth-order valence-electron chi connectivity index (χ4n) is 0.425. The molecule has 8 heavy (non-hydrogen) atoms. The molecule has 1 heterocycles. The Kier molecular flexibility index (Phi) is 2.87. The van der Waals surface area contributed by atoms with Gasteiger partial charge < -0.3 is 9.40 Å². The van der Waals surface area contributed by atoms with E-state index in [9.17, 15) is 0 Å². The summed E-state index contributed by atoms with van der Waals surface area (Å²) in [6, 6.07) is 0. The van der Waals surface area contributed by atoms with Crippen LogP contribution >= 0.6 is 0 Å². The van der Waals surface area contributed by atoms with Gasteiger partial charge in [0.15, 0.2) is 0 Å². The molecular formula is C5H6NOV-. The quantitative estimate of drug-likeness (QED) is 0.513. The van der Waals surface area contributed by atoms with E-state index < -0.39 is 0 Å². The predicted octanol–water partition coefficient (Wildman–Crippen LogP) is 1.09. The molecule has 0 fully saturated rings. The van der Waals surface area contributed by atoms with Crippen LogP contribution < -0.4 is 0 Å². The molecule has 0 saturated heterocycles. The average molecular weight is 147 g/mol. The maximum atomic E-state index is 4.92. The molecule has 0 saturated carbocycles. The van der Waals surface area contributed by atoms with Gasteiger partial charge in [-0.05, 0) is 6.92 Å². The summed E-state index contributed by atoms with van der Waals surface area (Å²) in [5.41, 5.74) is 0. The second-order valence-corrected chi connectivity index (χ2v) is 1.40. The van der Waals surface area contributed by atoms with Gasteiger partial charge in [0.05, 0.1) is 0 Å². The summed E-state index contributed by atoms with van der Waals surface area (Å²) in [5.74, 6) is 1.43. The Hall–Kier alpha value is -0.206. The third-order valence-corrected chi connectivity index (χ3v) is 0.672. The Bertz CT molecular complexity index is 145. The zero-order valence-corrected chi connectivity index (χ0v) is 6.20. The number of oxazole rings is 1. The van der Waals surface area contributed by atoms with E-state index in [4.69, 9.17) is 4.42 Å². The molecule has 0 amide bonds. The minimum absolute atomic E-state index is 0. The zero-order chi connectivity index (χ0) is 5.28. The van der Waals surface area contributed by atoms with Crippen molar-refractivity contribution < 1.29 is 23.0 Å². The molecule has 0 aliphatic rings. The van der Waals surface area contributed by atoms with E-state index in [2.05, 4.69) is 11.2 Å². The third-order valence-electron chi connectivity index (χ3n) is 0.672. The molecule has 0 N–H and O–H groups in total. The summed E-state index contributed by atoms with van der Waals surface area (Å²) < 4.78 is 4.92. The maximum Gasteiger partial charge on any atom is 0.0323 e. The molecule has 1 aromatic rings. The van der Waals surface area contributed by atoms with Crippen LogP contribution in [0.15, 0.2) is 4.42 Å². The number of nitrogens with zero attached hydrogens (tertiary/aromatic N) is 1. The Morgan fingerprint density at radius 3 is 2.25 bits per heavy atom. The molecule has 0 spiro atoms. The second kappa shape index (κ2) is 2.95. The van der Waals surface area contributed by atoms with Crippen molar-refractivity contribution >= 4 is 0 Å². The smallest absolute Gasteiger partial charge is 0.0323 e. The van der Waals surface area contributed by atoms with Gasteiger partial charge >= 0.3 is 0 Å². The molecule has 0 aliphatic carbocycles. The molecule has 43 valence electrons. The molecule has 0 atom stereocenters. The Balaban J connectivity index is 0.000000490. The molecule has 1 radical (unpaired) electrons. The van der Waals surface area contributed by atoms with Gasteiger partial charge in [-0.3, -0.25) is 0 Å². The molecule has 1 rings (SSSR count). The van der Waals surface area contributed by atoms with Crippen LogP contribution in [0.5, 0.6) is 0 Å². The second-order valence-electron chi connectivity index (χ2n) is 1.40. The van der Waals surface area contributed by atoms with Crippen LogP contribution in [0.3, 0.4) is 0 Å². The van der Waals surface area contributed by atoms with Gasteiger partial charge in [0.25, 0.3) is 0 Å². The van der Waals surface area contributed by atoms with Crippen molar-refractivity contribution in [1.82, 2.24) is 4.98 Å². The van der Waals surface area contributed by atoms with E-state index in [1.54, 1.807) is 6.92 Å². The predicted molar refractivity (Wildman–Crippen MR) is 24.8 cm³/mol. The fraction of sp³-hybridized carbons (Fsp3) is 0.400. The fourth-order valence-corrected chi connectivity index (χ4v) is 0.425. The van der Waals surface area contributed by atoms with E-state index in [-0.39, 0.29) is 18.6 Å². The molecule has 0 unspecified atom stereocenters. The summed E-state index contributed by atoms with van der Waals surface area (Å²) in [7, 11) is 0. The maximum absolute atomic E-state index is 4.92. The van der Waals surface area contributed by atoms with Crippen LogP contribution in [0.2, 0.25) is 0 Å². The third kappa shape index (κ3) is 1.72. The molecule has 0 bridgehead atoms. The van der Waals surface area contributed by atoms with E-state index in [1.807, 2.05) is 6.92 Å². The first-order chi connectivity index (χ1) is 3.29. The number of hydrogen-bond acceptors (Lipinski definition) is 2. The topological polar surface area (TPSA) is 26.0 Å². The van der Waals surface area contributed by atoms with E-state index >= 15 is 0 Å². The minimum Gasteiger partial charge on any atom is -0.551 e. The summed E-state index contributed by atoms with van der Waals surface area (Å²) in [6.45, 7) is 3.61. The SMILES string of the molecule is Cc1[c-]nc(C)o1.[V]. The standard InChI is InChI=1S/C5H6NO.V/c1-4-3-6-5(2)7-4;/h1-2H3;/q-1;.